The number of benzene rings is 4. The third-order valence-electron chi connectivity index (χ3n) is 6.10. The Morgan fingerprint density at radius 2 is 0.867 bits per heavy atom. The van der Waals surface area contributed by atoms with Crippen molar-refractivity contribution in [2.24, 2.45) is 0 Å². The van der Waals surface area contributed by atoms with Crippen LogP contribution in [0.15, 0.2) is 109 Å². The molecule has 0 aliphatic carbocycles. The summed E-state index contributed by atoms with van der Waals surface area (Å²) >= 11 is 0. The predicted molar refractivity (Wildman–Crippen MR) is 128 cm³/mol. The van der Waals surface area contributed by atoms with Crippen LogP contribution >= 0.6 is 0 Å². The molecular weight excluding hydrogens is 360 g/mol. The highest BCUT2D eigenvalue weighted by molar-refractivity contribution is 5.60. The third kappa shape index (κ3) is 3.48. The molecule has 0 bridgehead atoms. The lowest BCUT2D eigenvalue weighted by atomic mass is 9.64. The highest BCUT2D eigenvalue weighted by Crippen LogP contribution is 2.46. The zero-order chi connectivity index (χ0) is 21.2. The smallest absolute Gasteiger partial charge is 0.0622 e. The van der Waals surface area contributed by atoms with Gasteiger partial charge in [0.25, 0.3) is 0 Å². The summed E-state index contributed by atoms with van der Waals surface area (Å²) in [7, 11) is 0. The van der Waals surface area contributed by atoms with E-state index in [2.05, 4.69) is 137 Å². The first-order valence-electron chi connectivity index (χ1n) is 10.7. The number of hydrogen-bond donors (Lipinski definition) is 0. The van der Waals surface area contributed by atoms with Crippen LogP contribution in [0.4, 0.5) is 0 Å². The second kappa shape index (κ2) is 7.95. The highest BCUT2D eigenvalue weighted by Gasteiger charge is 2.38. The van der Waals surface area contributed by atoms with Gasteiger partial charge in [-0.1, -0.05) is 130 Å². The quantitative estimate of drug-likeness (QED) is 0.314. The Morgan fingerprint density at radius 1 is 0.467 bits per heavy atom. The van der Waals surface area contributed by atoms with Crippen molar-refractivity contribution in [2.75, 3.05) is 0 Å². The fraction of sp³-hybridized carbons (Fsp3) is 0.200. The molecule has 0 saturated carbocycles. The molecule has 150 valence electrons. The maximum atomic E-state index is 2.43. The van der Waals surface area contributed by atoms with Crippen LogP contribution in [0.1, 0.15) is 54.2 Å². The second-order valence-electron chi connectivity index (χ2n) is 9.13. The maximum Gasteiger partial charge on any atom is 0.0701 e. The van der Waals surface area contributed by atoms with Gasteiger partial charge in [-0.3, -0.25) is 0 Å². The van der Waals surface area contributed by atoms with Gasteiger partial charge >= 0.3 is 0 Å². The predicted octanol–water partition coefficient (Wildman–Crippen LogP) is 7.68. The fourth-order valence-electron chi connectivity index (χ4n) is 4.73. The minimum Gasteiger partial charge on any atom is -0.0622 e. The molecule has 4 aromatic carbocycles. The zero-order valence-corrected chi connectivity index (χ0v) is 18.4. The first-order chi connectivity index (χ1) is 14.4. The normalized spacial score (nSPS) is 12.0. The van der Waals surface area contributed by atoms with Gasteiger partial charge in [0, 0.05) is 0 Å². The Bertz CT molecular complexity index is 1000. The van der Waals surface area contributed by atoms with E-state index in [0.29, 0.717) is 0 Å². The van der Waals surface area contributed by atoms with Crippen LogP contribution < -0.4 is 0 Å². The van der Waals surface area contributed by atoms with E-state index in [1.807, 2.05) is 0 Å². The van der Waals surface area contributed by atoms with Crippen molar-refractivity contribution in [2.45, 2.75) is 38.5 Å². The summed E-state index contributed by atoms with van der Waals surface area (Å²) in [4.78, 5) is 0. The molecule has 0 N–H and O–H groups in total. The van der Waals surface area contributed by atoms with E-state index in [-0.39, 0.29) is 10.8 Å². The van der Waals surface area contributed by atoms with Gasteiger partial charge in [0.2, 0.25) is 0 Å². The molecule has 0 aliphatic rings. The first-order valence-corrected chi connectivity index (χ1v) is 10.7. The molecule has 0 amide bonds. The summed E-state index contributed by atoms with van der Waals surface area (Å²) in [5, 5.41) is 0. The van der Waals surface area contributed by atoms with Crippen LogP contribution in [0.5, 0.6) is 0 Å². The lowest BCUT2D eigenvalue weighted by molar-refractivity contribution is 0.583. The average Bonchev–Trinajstić information content (AvgIpc) is 2.77. The van der Waals surface area contributed by atoms with Crippen LogP contribution in [0.25, 0.3) is 0 Å². The minimum atomic E-state index is -0.377. The molecule has 0 heteroatoms. The molecule has 0 aromatic heterocycles. The Balaban J connectivity index is 2.14. The highest BCUT2D eigenvalue weighted by atomic mass is 14.4. The topological polar surface area (TPSA) is 0 Å². The van der Waals surface area contributed by atoms with Crippen molar-refractivity contribution in [3.05, 3.63) is 143 Å². The molecule has 0 unspecified atom stereocenters. The summed E-state index contributed by atoms with van der Waals surface area (Å²) < 4.78 is 0. The Kier molecular flexibility index (Phi) is 5.35. The van der Waals surface area contributed by atoms with Gasteiger partial charge in [-0.2, -0.15) is 0 Å². The lowest BCUT2D eigenvalue weighted by Gasteiger charge is -2.38. The van der Waals surface area contributed by atoms with Crippen molar-refractivity contribution in [1.82, 2.24) is 0 Å². The Labute approximate surface area is 181 Å². The summed E-state index contributed by atoms with van der Waals surface area (Å²) in [5.41, 5.74) is 7.60. The van der Waals surface area contributed by atoms with Crippen LogP contribution in [0, 0.1) is 6.92 Å². The zero-order valence-electron chi connectivity index (χ0n) is 18.4. The van der Waals surface area contributed by atoms with Crippen molar-refractivity contribution >= 4 is 0 Å². The van der Waals surface area contributed by atoms with Gasteiger partial charge in [-0.05, 0) is 45.7 Å². The van der Waals surface area contributed by atoms with E-state index < -0.39 is 0 Å². The largest absolute Gasteiger partial charge is 0.0701 e. The molecule has 0 spiro atoms. The van der Waals surface area contributed by atoms with Gasteiger partial charge < -0.3 is 0 Å². The summed E-state index contributed by atoms with van der Waals surface area (Å²) in [6.07, 6.45) is 0. The van der Waals surface area contributed by atoms with Crippen molar-refractivity contribution in [3.8, 4) is 0 Å². The molecule has 0 atom stereocenters. The van der Waals surface area contributed by atoms with Crippen molar-refractivity contribution < 1.29 is 0 Å². The third-order valence-corrected chi connectivity index (χ3v) is 6.10. The molecule has 0 radical (unpaired) electrons. The summed E-state index contributed by atoms with van der Waals surface area (Å²) in [6.45, 7) is 9.12. The molecule has 30 heavy (non-hydrogen) atoms. The van der Waals surface area contributed by atoms with E-state index in [4.69, 9.17) is 0 Å². The van der Waals surface area contributed by atoms with Gasteiger partial charge in [-0.25, -0.2) is 0 Å². The Morgan fingerprint density at radius 3 is 1.23 bits per heavy atom. The monoisotopic (exact) mass is 390 g/mol. The van der Waals surface area contributed by atoms with Gasteiger partial charge in [0.15, 0.2) is 0 Å². The van der Waals surface area contributed by atoms with Crippen LogP contribution in [0.2, 0.25) is 0 Å². The molecule has 0 saturated heterocycles. The van der Waals surface area contributed by atoms with E-state index in [0.717, 1.165) is 0 Å². The van der Waals surface area contributed by atoms with Crippen molar-refractivity contribution in [3.63, 3.8) is 0 Å². The SMILES string of the molecule is Cc1ccc(C(c2ccccc2)(c2ccccc2)c2ccccc2)cc1C(C)(C)C. The van der Waals surface area contributed by atoms with Gasteiger partial charge in [-0.15, -0.1) is 0 Å². The van der Waals surface area contributed by atoms with Gasteiger partial charge in [0.05, 0.1) is 5.41 Å². The molecule has 0 heterocycles. The standard InChI is InChI=1S/C30H30/c1-23-20-21-27(22-28(23)29(2,3)4)30(24-14-8-5-9-15-24,25-16-10-6-11-17-25)26-18-12-7-13-19-26/h5-22H,1-4H3. The van der Waals surface area contributed by atoms with E-state index in [1.165, 1.54) is 33.4 Å². The number of aryl methyl sites for hydroxylation is 1. The first kappa shape index (κ1) is 20.2. The van der Waals surface area contributed by atoms with Crippen LogP contribution in [0.3, 0.4) is 0 Å². The fourth-order valence-corrected chi connectivity index (χ4v) is 4.73. The molecular formula is C30H30. The summed E-state index contributed by atoms with van der Waals surface area (Å²) in [6, 6.07) is 39.8. The van der Waals surface area contributed by atoms with E-state index in [9.17, 15) is 0 Å². The second-order valence-corrected chi connectivity index (χ2v) is 9.13. The number of rotatable bonds is 4. The summed E-state index contributed by atoms with van der Waals surface area (Å²) in [5.74, 6) is 0. The van der Waals surface area contributed by atoms with E-state index >= 15 is 0 Å². The van der Waals surface area contributed by atoms with Crippen LogP contribution in [-0.2, 0) is 10.8 Å². The molecule has 4 aromatic rings. The minimum absolute atomic E-state index is 0.0793. The van der Waals surface area contributed by atoms with Gasteiger partial charge in [0.1, 0.15) is 0 Å². The molecule has 0 aliphatic heterocycles. The Hall–Kier alpha value is -3.12. The molecule has 0 nitrogen and oxygen atoms in total. The maximum absolute atomic E-state index is 2.43. The molecule has 0 fully saturated rings. The van der Waals surface area contributed by atoms with E-state index in [1.54, 1.807) is 0 Å². The molecule has 4 rings (SSSR count). The van der Waals surface area contributed by atoms with Crippen molar-refractivity contribution in [1.29, 1.82) is 0 Å². The van der Waals surface area contributed by atoms with Crippen LogP contribution in [-0.4, -0.2) is 0 Å². The number of hydrogen-bond acceptors (Lipinski definition) is 0. The average molecular weight is 391 g/mol. The lowest BCUT2D eigenvalue weighted by Crippen LogP contribution is -2.31.